The Balaban J connectivity index is 2.05. The Morgan fingerprint density at radius 1 is 1.20 bits per heavy atom. The zero-order chi connectivity index (χ0) is 10.7. The van der Waals surface area contributed by atoms with E-state index in [2.05, 4.69) is 36.6 Å². The van der Waals surface area contributed by atoms with Gasteiger partial charge in [0.1, 0.15) is 5.75 Å². The molecular weight excluding hydrogens is 204 g/mol. The lowest BCUT2D eigenvalue weighted by Crippen LogP contribution is -1.87. The quantitative estimate of drug-likeness (QED) is 0.765. The fraction of sp³-hybridized carbons (Fsp3) is 0.231. The van der Waals surface area contributed by atoms with E-state index in [0.717, 1.165) is 11.5 Å². The Labute approximate surface area is 93.8 Å². The molecule has 0 saturated heterocycles. The Morgan fingerprint density at radius 3 is 2.47 bits per heavy atom. The monoisotopic (exact) mass is 220 g/mol. The van der Waals surface area contributed by atoms with Crippen molar-refractivity contribution in [3.05, 3.63) is 52.3 Å². The van der Waals surface area contributed by atoms with Gasteiger partial charge in [-0.2, -0.15) is 0 Å². The molecule has 0 radical (unpaired) electrons. The smallest absolute Gasteiger partial charge is 0.118 e. The van der Waals surface area contributed by atoms with Crippen molar-refractivity contribution in [1.29, 1.82) is 0 Å². The van der Waals surface area contributed by atoms with E-state index < -0.39 is 0 Å². The molecule has 1 aliphatic rings. The highest BCUT2D eigenvalue weighted by Crippen LogP contribution is 2.43. The molecule has 0 saturated carbocycles. The molecule has 1 atom stereocenters. The molecule has 0 amide bonds. The van der Waals surface area contributed by atoms with E-state index in [1.807, 2.05) is 12.1 Å². The first-order chi connectivity index (χ1) is 7.29. The molecule has 1 aromatic carbocycles. The van der Waals surface area contributed by atoms with E-state index in [1.165, 1.54) is 10.5 Å². The first-order valence-electron chi connectivity index (χ1n) is 5.04. The van der Waals surface area contributed by atoms with Crippen molar-refractivity contribution >= 4 is 10.9 Å². The second-order valence-corrected chi connectivity index (χ2v) is 5.88. The van der Waals surface area contributed by atoms with Gasteiger partial charge < -0.3 is 4.74 Å². The minimum absolute atomic E-state index is 0.0568. The number of hydrogen-bond donors (Lipinski definition) is 1. The third-order valence-corrected chi connectivity index (χ3v) is 4.86. The normalized spacial score (nSPS) is 21.5. The first-order valence-corrected chi connectivity index (χ1v) is 6.64. The fourth-order valence-electron chi connectivity index (χ4n) is 1.60. The van der Waals surface area contributed by atoms with E-state index in [0.29, 0.717) is 0 Å². The summed E-state index contributed by atoms with van der Waals surface area (Å²) in [5.74, 6) is 2.08. The maximum absolute atomic E-state index is 5.14. The first kappa shape index (κ1) is 10.4. The summed E-state index contributed by atoms with van der Waals surface area (Å²) in [4.78, 5) is 1.51. The second kappa shape index (κ2) is 4.58. The fourth-order valence-corrected chi connectivity index (χ4v) is 3.37. The van der Waals surface area contributed by atoms with Gasteiger partial charge in [-0.3, -0.25) is 0 Å². The van der Waals surface area contributed by atoms with Crippen molar-refractivity contribution < 1.29 is 4.74 Å². The van der Waals surface area contributed by atoms with Crippen molar-refractivity contribution in [2.24, 2.45) is 0 Å². The van der Waals surface area contributed by atoms with Crippen LogP contribution < -0.4 is 4.74 Å². The Hall–Kier alpha value is -1.15. The van der Waals surface area contributed by atoms with Crippen LogP contribution in [-0.4, -0.2) is 7.11 Å². The molecule has 2 rings (SSSR count). The summed E-state index contributed by atoms with van der Waals surface area (Å²) in [6.07, 6.45) is 4.39. The van der Waals surface area contributed by atoms with Gasteiger partial charge in [0.25, 0.3) is 0 Å². The number of ether oxygens (including phenoxy) is 1. The van der Waals surface area contributed by atoms with Gasteiger partial charge in [0, 0.05) is 5.75 Å². The molecule has 15 heavy (non-hydrogen) atoms. The highest BCUT2D eigenvalue weighted by atomic mass is 32.2. The minimum atomic E-state index is -0.0568. The van der Waals surface area contributed by atoms with Gasteiger partial charge in [-0.1, -0.05) is 24.3 Å². The molecule has 0 aromatic heterocycles. The minimum Gasteiger partial charge on any atom is -0.497 e. The third-order valence-electron chi connectivity index (χ3n) is 2.57. The molecule has 0 aliphatic carbocycles. The van der Waals surface area contributed by atoms with Gasteiger partial charge in [-0.25, -0.2) is 10.9 Å². The number of rotatable bonds is 3. The van der Waals surface area contributed by atoms with E-state index in [-0.39, 0.29) is 10.9 Å². The molecular formula is C13H16OS. The summed E-state index contributed by atoms with van der Waals surface area (Å²) < 4.78 is 5.14. The average Bonchev–Trinajstić information content (AvgIpc) is 2.66. The van der Waals surface area contributed by atoms with Crippen LogP contribution in [0.2, 0.25) is 0 Å². The van der Waals surface area contributed by atoms with Crippen LogP contribution in [0.3, 0.4) is 0 Å². The van der Waals surface area contributed by atoms with Crippen LogP contribution >= 0.6 is 10.9 Å². The number of methoxy groups -OCH3 is 1. The average molecular weight is 220 g/mol. The molecule has 0 spiro atoms. The Morgan fingerprint density at radius 2 is 1.93 bits per heavy atom. The zero-order valence-electron chi connectivity index (χ0n) is 9.10. The van der Waals surface area contributed by atoms with Crippen LogP contribution in [0.25, 0.3) is 0 Å². The molecule has 2 heteroatoms. The summed E-state index contributed by atoms with van der Waals surface area (Å²) in [5.41, 5.74) is 1.39. The summed E-state index contributed by atoms with van der Waals surface area (Å²) in [5, 5.41) is 2.33. The van der Waals surface area contributed by atoms with Gasteiger partial charge >= 0.3 is 0 Å². The van der Waals surface area contributed by atoms with E-state index in [1.54, 1.807) is 7.11 Å². The van der Waals surface area contributed by atoms with Crippen LogP contribution in [-0.2, 0) is 5.75 Å². The zero-order valence-corrected chi connectivity index (χ0v) is 10.00. The lowest BCUT2D eigenvalue weighted by molar-refractivity contribution is 0.414. The maximum Gasteiger partial charge on any atom is 0.118 e. The lowest BCUT2D eigenvalue weighted by atomic mass is 10.2. The summed E-state index contributed by atoms with van der Waals surface area (Å²) in [6.45, 7) is 2.22. The molecule has 0 bridgehead atoms. The number of thiol groups is 1. The van der Waals surface area contributed by atoms with Crippen molar-refractivity contribution in [3.8, 4) is 5.75 Å². The SMILES string of the molecule is COc1ccc(C[SH]2C=CC=C2C)cc1. The summed E-state index contributed by atoms with van der Waals surface area (Å²) in [7, 11) is 1.64. The lowest BCUT2D eigenvalue weighted by Gasteiger charge is -2.15. The van der Waals surface area contributed by atoms with Crippen molar-refractivity contribution in [2.75, 3.05) is 7.11 Å². The van der Waals surface area contributed by atoms with Gasteiger partial charge in [0.05, 0.1) is 7.11 Å². The van der Waals surface area contributed by atoms with Gasteiger partial charge in [0.2, 0.25) is 0 Å². The third kappa shape index (κ3) is 2.45. The van der Waals surface area contributed by atoms with Gasteiger partial charge in [-0.05, 0) is 34.9 Å². The molecule has 80 valence electrons. The molecule has 1 aliphatic heterocycles. The van der Waals surface area contributed by atoms with E-state index in [4.69, 9.17) is 4.74 Å². The second-order valence-electron chi connectivity index (χ2n) is 3.63. The Kier molecular flexibility index (Phi) is 3.17. The summed E-state index contributed by atoms with van der Waals surface area (Å²) >= 11 is 0. The maximum atomic E-state index is 5.14. The standard InChI is InChI=1S/C13H16OS/c1-11-4-3-9-15(11)10-12-5-7-13(14-2)8-6-12/h3-9,15H,10H2,1-2H3. The topological polar surface area (TPSA) is 9.23 Å². The molecule has 1 unspecified atom stereocenters. The predicted molar refractivity (Wildman–Crippen MR) is 68.6 cm³/mol. The molecule has 1 nitrogen and oxygen atoms in total. The van der Waals surface area contributed by atoms with E-state index >= 15 is 0 Å². The molecule has 1 heterocycles. The van der Waals surface area contributed by atoms with Gasteiger partial charge in [0.15, 0.2) is 0 Å². The number of allylic oxidation sites excluding steroid dienone is 3. The number of hydrogen-bond acceptors (Lipinski definition) is 1. The van der Waals surface area contributed by atoms with Crippen molar-refractivity contribution in [1.82, 2.24) is 0 Å². The summed E-state index contributed by atoms with van der Waals surface area (Å²) in [6, 6.07) is 8.37. The van der Waals surface area contributed by atoms with Crippen molar-refractivity contribution in [2.45, 2.75) is 12.7 Å². The number of benzene rings is 1. The van der Waals surface area contributed by atoms with Crippen LogP contribution in [0.5, 0.6) is 5.75 Å². The Bertz CT molecular complexity index is 390. The largest absolute Gasteiger partial charge is 0.497 e. The highest BCUT2D eigenvalue weighted by Gasteiger charge is 2.07. The molecule has 0 N–H and O–H groups in total. The van der Waals surface area contributed by atoms with Gasteiger partial charge in [-0.15, -0.1) is 0 Å². The predicted octanol–water partition coefficient (Wildman–Crippen LogP) is 3.63. The van der Waals surface area contributed by atoms with Crippen molar-refractivity contribution in [3.63, 3.8) is 0 Å². The highest BCUT2D eigenvalue weighted by molar-refractivity contribution is 8.22. The molecule has 0 fully saturated rings. The van der Waals surface area contributed by atoms with Crippen LogP contribution in [0.1, 0.15) is 12.5 Å². The van der Waals surface area contributed by atoms with Crippen LogP contribution in [0.15, 0.2) is 46.7 Å². The van der Waals surface area contributed by atoms with Crippen LogP contribution in [0.4, 0.5) is 0 Å². The van der Waals surface area contributed by atoms with Crippen LogP contribution in [0, 0.1) is 0 Å². The van der Waals surface area contributed by atoms with E-state index in [9.17, 15) is 0 Å². The molecule has 1 aromatic rings.